The van der Waals surface area contributed by atoms with Gasteiger partial charge in [-0.1, -0.05) is 19.1 Å². The zero-order chi connectivity index (χ0) is 14.4. The molecule has 0 heterocycles. The van der Waals surface area contributed by atoms with Crippen LogP contribution >= 0.6 is 0 Å². The SMILES string of the molecule is CCCNCc1cc(F)cc(Oc2cccc(C)c2)c1. The van der Waals surface area contributed by atoms with Gasteiger partial charge in [0.05, 0.1) is 0 Å². The Bertz CT molecular complexity index is 569. The summed E-state index contributed by atoms with van der Waals surface area (Å²) in [6.07, 6.45) is 1.06. The molecule has 0 aliphatic carbocycles. The molecule has 2 aromatic carbocycles. The molecule has 0 aliphatic heterocycles. The molecule has 2 aromatic rings. The van der Waals surface area contributed by atoms with E-state index in [1.165, 1.54) is 12.1 Å². The van der Waals surface area contributed by atoms with Crippen LogP contribution in [0.2, 0.25) is 0 Å². The zero-order valence-electron chi connectivity index (χ0n) is 11.9. The minimum Gasteiger partial charge on any atom is -0.457 e. The topological polar surface area (TPSA) is 21.3 Å². The Morgan fingerprint density at radius 2 is 1.95 bits per heavy atom. The first-order valence-corrected chi connectivity index (χ1v) is 6.92. The lowest BCUT2D eigenvalue weighted by Gasteiger charge is -2.09. The first kappa shape index (κ1) is 14.5. The standard InChI is InChI=1S/C17H20FNO/c1-3-7-19-12-14-9-15(18)11-17(10-14)20-16-6-4-5-13(2)8-16/h4-6,8-11,19H,3,7,12H2,1-2H3. The van der Waals surface area contributed by atoms with Crippen LogP contribution in [0, 0.1) is 12.7 Å². The summed E-state index contributed by atoms with van der Waals surface area (Å²) < 4.78 is 19.3. The van der Waals surface area contributed by atoms with Gasteiger partial charge in [-0.25, -0.2) is 4.39 Å². The number of benzene rings is 2. The van der Waals surface area contributed by atoms with Gasteiger partial charge >= 0.3 is 0 Å². The Labute approximate surface area is 119 Å². The molecule has 0 fully saturated rings. The van der Waals surface area contributed by atoms with E-state index in [0.29, 0.717) is 12.3 Å². The third-order valence-electron chi connectivity index (χ3n) is 2.91. The van der Waals surface area contributed by atoms with Crippen LogP contribution in [0.1, 0.15) is 24.5 Å². The van der Waals surface area contributed by atoms with Crippen molar-refractivity contribution in [3.63, 3.8) is 0 Å². The minimum atomic E-state index is -0.275. The highest BCUT2D eigenvalue weighted by atomic mass is 19.1. The van der Waals surface area contributed by atoms with Crippen molar-refractivity contribution < 1.29 is 9.13 Å². The van der Waals surface area contributed by atoms with E-state index in [-0.39, 0.29) is 5.82 Å². The van der Waals surface area contributed by atoms with Crippen molar-refractivity contribution in [3.05, 3.63) is 59.4 Å². The summed E-state index contributed by atoms with van der Waals surface area (Å²) in [6, 6.07) is 12.5. The van der Waals surface area contributed by atoms with Crippen LogP contribution in [0.25, 0.3) is 0 Å². The van der Waals surface area contributed by atoms with Gasteiger partial charge in [-0.3, -0.25) is 0 Å². The summed E-state index contributed by atoms with van der Waals surface area (Å²) in [5, 5.41) is 3.26. The molecule has 0 saturated carbocycles. The highest BCUT2D eigenvalue weighted by Crippen LogP contribution is 2.24. The van der Waals surface area contributed by atoms with E-state index in [4.69, 9.17) is 4.74 Å². The average Bonchev–Trinajstić information content (AvgIpc) is 2.38. The quantitative estimate of drug-likeness (QED) is 0.786. The molecule has 3 heteroatoms. The van der Waals surface area contributed by atoms with E-state index in [1.54, 1.807) is 0 Å². The molecule has 0 aromatic heterocycles. The van der Waals surface area contributed by atoms with E-state index < -0.39 is 0 Å². The number of ether oxygens (including phenoxy) is 1. The summed E-state index contributed by atoms with van der Waals surface area (Å²) in [6.45, 7) is 5.67. The maximum absolute atomic E-state index is 13.6. The summed E-state index contributed by atoms with van der Waals surface area (Å²) in [7, 11) is 0. The van der Waals surface area contributed by atoms with Gasteiger partial charge in [-0.05, 0) is 55.3 Å². The fourth-order valence-electron chi connectivity index (χ4n) is 2.01. The lowest BCUT2D eigenvalue weighted by atomic mass is 10.2. The number of nitrogens with one attached hydrogen (secondary N) is 1. The summed E-state index contributed by atoms with van der Waals surface area (Å²) in [5.41, 5.74) is 2.00. The molecule has 0 spiro atoms. The van der Waals surface area contributed by atoms with Crippen molar-refractivity contribution in [1.29, 1.82) is 0 Å². The van der Waals surface area contributed by atoms with Crippen LogP contribution in [-0.2, 0) is 6.54 Å². The zero-order valence-corrected chi connectivity index (χ0v) is 11.9. The van der Waals surface area contributed by atoms with Gasteiger partial charge in [0, 0.05) is 12.6 Å². The molecule has 0 saturated heterocycles. The van der Waals surface area contributed by atoms with Crippen molar-refractivity contribution in [1.82, 2.24) is 5.32 Å². The van der Waals surface area contributed by atoms with E-state index >= 15 is 0 Å². The van der Waals surface area contributed by atoms with Gasteiger partial charge in [0.1, 0.15) is 17.3 Å². The molecule has 0 atom stereocenters. The summed E-state index contributed by atoms with van der Waals surface area (Å²) in [5.74, 6) is 0.982. The number of hydrogen-bond donors (Lipinski definition) is 1. The van der Waals surface area contributed by atoms with Crippen molar-refractivity contribution in [2.45, 2.75) is 26.8 Å². The van der Waals surface area contributed by atoms with Crippen LogP contribution in [0.5, 0.6) is 11.5 Å². The van der Waals surface area contributed by atoms with Crippen molar-refractivity contribution in [3.8, 4) is 11.5 Å². The van der Waals surface area contributed by atoms with Crippen molar-refractivity contribution in [2.75, 3.05) is 6.54 Å². The Balaban J connectivity index is 2.11. The van der Waals surface area contributed by atoms with Crippen LogP contribution in [0.4, 0.5) is 4.39 Å². The fraction of sp³-hybridized carbons (Fsp3) is 0.294. The van der Waals surface area contributed by atoms with Gasteiger partial charge in [-0.15, -0.1) is 0 Å². The molecule has 0 bridgehead atoms. The number of rotatable bonds is 6. The van der Waals surface area contributed by atoms with E-state index in [0.717, 1.165) is 29.8 Å². The van der Waals surface area contributed by atoms with Crippen LogP contribution in [0.15, 0.2) is 42.5 Å². The summed E-state index contributed by atoms with van der Waals surface area (Å²) >= 11 is 0. The van der Waals surface area contributed by atoms with Crippen LogP contribution < -0.4 is 10.1 Å². The largest absolute Gasteiger partial charge is 0.457 e. The van der Waals surface area contributed by atoms with Crippen molar-refractivity contribution in [2.24, 2.45) is 0 Å². The van der Waals surface area contributed by atoms with Crippen LogP contribution in [0.3, 0.4) is 0 Å². The molecule has 2 nitrogen and oxygen atoms in total. The Morgan fingerprint density at radius 3 is 2.70 bits per heavy atom. The first-order valence-electron chi connectivity index (χ1n) is 6.92. The molecule has 0 aliphatic rings. The summed E-state index contributed by atoms with van der Waals surface area (Å²) in [4.78, 5) is 0. The maximum atomic E-state index is 13.6. The highest BCUT2D eigenvalue weighted by Gasteiger charge is 2.03. The third kappa shape index (κ3) is 4.35. The molecular formula is C17H20FNO. The number of hydrogen-bond acceptors (Lipinski definition) is 2. The molecule has 0 radical (unpaired) electrons. The van der Waals surface area contributed by atoms with Gasteiger partial charge < -0.3 is 10.1 Å². The van der Waals surface area contributed by atoms with E-state index in [9.17, 15) is 4.39 Å². The smallest absolute Gasteiger partial charge is 0.130 e. The second kappa shape index (κ2) is 7.06. The lowest BCUT2D eigenvalue weighted by molar-refractivity contribution is 0.474. The first-order chi connectivity index (χ1) is 9.67. The molecular weight excluding hydrogens is 253 g/mol. The monoisotopic (exact) mass is 273 g/mol. The Kier molecular flexibility index (Phi) is 5.13. The van der Waals surface area contributed by atoms with E-state index in [1.807, 2.05) is 37.3 Å². The van der Waals surface area contributed by atoms with Gasteiger partial charge in [0.25, 0.3) is 0 Å². The van der Waals surface area contributed by atoms with Crippen LogP contribution in [-0.4, -0.2) is 6.54 Å². The third-order valence-corrected chi connectivity index (χ3v) is 2.91. The molecule has 1 N–H and O–H groups in total. The number of aryl methyl sites for hydroxylation is 1. The van der Waals surface area contributed by atoms with Gasteiger partial charge in [0.15, 0.2) is 0 Å². The molecule has 2 rings (SSSR count). The molecule has 20 heavy (non-hydrogen) atoms. The Hall–Kier alpha value is -1.87. The van der Waals surface area contributed by atoms with E-state index in [2.05, 4.69) is 12.2 Å². The molecule has 0 amide bonds. The average molecular weight is 273 g/mol. The van der Waals surface area contributed by atoms with Gasteiger partial charge in [0.2, 0.25) is 0 Å². The highest BCUT2D eigenvalue weighted by molar-refractivity contribution is 5.36. The lowest BCUT2D eigenvalue weighted by Crippen LogP contribution is -2.13. The Morgan fingerprint density at radius 1 is 1.10 bits per heavy atom. The predicted molar refractivity (Wildman–Crippen MR) is 79.7 cm³/mol. The molecule has 106 valence electrons. The predicted octanol–water partition coefficient (Wildman–Crippen LogP) is 4.43. The fourth-order valence-corrected chi connectivity index (χ4v) is 2.01. The number of halogens is 1. The minimum absolute atomic E-state index is 0.275. The molecule has 0 unspecified atom stereocenters. The normalized spacial score (nSPS) is 10.6. The maximum Gasteiger partial charge on any atom is 0.130 e. The second-order valence-electron chi connectivity index (χ2n) is 4.89. The van der Waals surface area contributed by atoms with Gasteiger partial charge in [-0.2, -0.15) is 0 Å². The van der Waals surface area contributed by atoms with Crippen molar-refractivity contribution >= 4 is 0 Å². The second-order valence-corrected chi connectivity index (χ2v) is 4.89.